The lowest BCUT2D eigenvalue weighted by atomic mass is 10.2. The normalized spacial score (nSPS) is 10.4. The minimum atomic E-state index is 0.413. The SMILES string of the molecule is COc1c(C=O)[nH]c2c(Cl)cccc12. The van der Waals surface area contributed by atoms with E-state index in [1.54, 1.807) is 6.07 Å². The molecule has 0 aliphatic heterocycles. The van der Waals surface area contributed by atoms with Gasteiger partial charge in [-0.3, -0.25) is 4.79 Å². The number of methoxy groups -OCH3 is 1. The van der Waals surface area contributed by atoms with Gasteiger partial charge in [-0.2, -0.15) is 0 Å². The number of hydrogen-bond donors (Lipinski definition) is 1. The van der Waals surface area contributed by atoms with Crippen LogP contribution < -0.4 is 4.74 Å². The molecule has 0 saturated carbocycles. The van der Waals surface area contributed by atoms with Crippen molar-refractivity contribution in [3.8, 4) is 5.75 Å². The molecule has 3 nitrogen and oxygen atoms in total. The van der Waals surface area contributed by atoms with E-state index < -0.39 is 0 Å². The number of carbonyl (C=O) groups excluding carboxylic acids is 1. The minimum absolute atomic E-state index is 0.413. The molecule has 0 spiro atoms. The molecule has 0 bridgehead atoms. The van der Waals surface area contributed by atoms with Crippen LogP contribution in [0.25, 0.3) is 10.9 Å². The molecular formula is C10H8ClNO2. The van der Waals surface area contributed by atoms with Crippen LogP contribution in [0.2, 0.25) is 5.02 Å². The van der Waals surface area contributed by atoms with Gasteiger partial charge < -0.3 is 9.72 Å². The van der Waals surface area contributed by atoms with Crippen molar-refractivity contribution in [3.63, 3.8) is 0 Å². The van der Waals surface area contributed by atoms with Gasteiger partial charge >= 0.3 is 0 Å². The number of aromatic amines is 1. The summed E-state index contributed by atoms with van der Waals surface area (Å²) in [4.78, 5) is 13.6. The number of H-pyrrole nitrogens is 1. The molecule has 0 atom stereocenters. The van der Waals surface area contributed by atoms with E-state index in [4.69, 9.17) is 16.3 Å². The van der Waals surface area contributed by atoms with Crippen LogP contribution in [0.3, 0.4) is 0 Å². The summed E-state index contributed by atoms with van der Waals surface area (Å²) in [6.45, 7) is 0. The van der Waals surface area contributed by atoms with E-state index in [0.717, 1.165) is 17.2 Å². The van der Waals surface area contributed by atoms with Crippen molar-refractivity contribution in [1.82, 2.24) is 4.98 Å². The molecule has 2 aromatic rings. The summed E-state index contributed by atoms with van der Waals surface area (Å²) in [5.41, 5.74) is 1.14. The summed E-state index contributed by atoms with van der Waals surface area (Å²) in [5.74, 6) is 0.539. The maximum absolute atomic E-state index is 10.7. The Morgan fingerprint density at radius 3 is 2.93 bits per heavy atom. The summed E-state index contributed by atoms with van der Waals surface area (Å²) >= 11 is 5.95. The highest BCUT2D eigenvalue weighted by Crippen LogP contribution is 2.32. The van der Waals surface area contributed by atoms with Crippen LogP contribution in [-0.4, -0.2) is 18.4 Å². The summed E-state index contributed by atoms with van der Waals surface area (Å²) in [6, 6.07) is 5.42. The van der Waals surface area contributed by atoms with Gasteiger partial charge in [-0.25, -0.2) is 0 Å². The van der Waals surface area contributed by atoms with Gasteiger partial charge in [0.25, 0.3) is 0 Å². The van der Waals surface area contributed by atoms with Gasteiger partial charge in [0.15, 0.2) is 12.0 Å². The molecule has 72 valence electrons. The highest BCUT2D eigenvalue weighted by molar-refractivity contribution is 6.35. The Balaban J connectivity index is 2.86. The van der Waals surface area contributed by atoms with Crippen LogP contribution in [0.1, 0.15) is 10.5 Å². The first-order chi connectivity index (χ1) is 6.77. The van der Waals surface area contributed by atoms with Crippen molar-refractivity contribution in [2.45, 2.75) is 0 Å². The summed E-state index contributed by atoms with van der Waals surface area (Å²) < 4.78 is 5.12. The van der Waals surface area contributed by atoms with Gasteiger partial charge in [0.2, 0.25) is 0 Å². The Morgan fingerprint density at radius 2 is 2.29 bits per heavy atom. The van der Waals surface area contributed by atoms with E-state index in [-0.39, 0.29) is 0 Å². The van der Waals surface area contributed by atoms with Gasteiger partial charge in [-0.05, 0) is 12.1 Å². The third-order valence-corrected chi connectivity index (χ3v) is 2.40. The Hall–Kier alpha value is -1.48. The monoisotopic (exact) mass is 209 g/mol. The Labute approximate surface area is 85.6 Å². The maximum Gasteiger partial charge on any atom is 0.170 e. The van der Waals surface area contributed by atoms with Crippen molar-refractivity contribution in [3.05, 3.63) is 28.9 Å². The van der Waals surface area contributed by atoms with Crippen LogP contribution in [0.15, 0.2) is 18.2 Å². The molecule has 1 heterocycles. The number of para-hydroxylation sites is 1. The van der Waals surface area contributed by atoms with E-state index in [2.05, 4.69) is 4.98 Å². The summed E-state index contributed by atoms with van der Waals surface area (Å²) in [6.07, 6.45) is 0.717. The lowest BCUT2D eigenvalue weighted by molar-refractivity contribution is 0.111. The highest BCUT2D eigenvalue weighted by atomic mass is 35.5. The predicted molar refractivity (Wildman–Crippen MR) is 55.2 cm³/mol. The number of aromatic nitrogens is 1. The average Bonchev–Trinajstić information content (AvgIpc) is 2.57. The van der Waals surface area contributed by atoms with Gasteiger partial charge in [-0.15, -0.1) is 0 Å². The lowest BCUT2D eigenvalue weighted by Crippen LogP contribution is -1.86. The lowest BCUT2D eigenvalue weighted by Gasteiger charge is -1.97. The molecule has 1 aromatic heterocycles. The van der Waals surface area contributed by atoms with Gasteiger partial charge in [0.05, 0.1) is 17.6 Å². The quantitative estimate of drug-likeness (QED) is 0.773. The standard InChI is InChI=1S/C10H8ClNO2/c1-14-10-6-3-2-4-7(11)9(6)12-8(10)5-13/h2-5,12H,1H3. The van der Waals surface area contributed by atoms with E-state index in [1.165, 1.54) is 7.11 Å². The zero-order valence-corrected chi connectivity index (χ0v) is 8.26. The van der Waals surface area contributed by atoms with E-state index in [0.29, 0.717) is 16.5 Å². The van der Waals surface area contributed by atoms with Crippen molar-refractivity contribution in [2.24, 2.45) is 0 Å². The zero-order valence-electron chi connectivity index (χ0n) is 7.50. The Kier molecular flexibility index (Phi) is 2.17. The van der Waals surface area contributed by atoms with Gasteiger partial charge in [0.1, 0.15) is 5.69 Å². The molecule has 0 unspecified atom stereocenters. The van der Waals surface area contributed by atoms with Crippen LogP contribution in [0.4, 0.5) is 0 Å². The molecule has 0 aliphatic rings. The number of ether oxygens (including phenoxy) is 1. The summed E-state index contributed by atoms with van der Waals surface area (Å²) in [7, 11) is 1.52. The van der Waals surface area contributed by atoms with Crippen LogP contribution in [0, 0.1) is 0 Å². The van der Waals surface area contributed by atoms with Crippen molar-refractivity contribution >= 4 is 28.8 Å². The molecule has 0 saturated heterocycles. The molecule has 0 radical (unpaired) electrons. The van der Waals surface area contributed by atoms with Crippen LogP contribution in [-0.2, 0) is 0 Å². The molecule has 0 aliphatic carbocycles. The largest absolute Gasteiger partial charge is 0.494 e. The third-order valence-electron chi connectivity index (χ3n) is 2.08. The number of nitrogens with one attached hydrogen (secondary N) is 1. The Morgan fingerprint density at radius 1 is 1.50 bits per heavy atom. The molecule has 1 N–H and O–H groups in total. The number of hydrogen-bond acceptors (Lipinski definition) is 2. The second-order valence-electron chi connectivity index (χ2n) is 2.85. The Bertz CT molecular complexity index is 490. The highest BCUT2D eigenvalue weighted by Gasteiger charge is 2.12. The van der Waals surface area contributed by atoms with Crippen LogP contribution in [0.5, 0.6) is 5.75 Å². The van der Waals surface area contributed by atoms with Gasteiger partial charge in [-0.1, -0.05) is 17.7 Å². The van der Waals surface area contributed by atoms with E-state index in [1.807, 2.05) is 12.1 Å². The number of aldehydes is 1. The maximum atomic E-state index is 10.7. The molecular weight excluding hydrogens is 202 g/mol. The predicted octanol–water partition coefficient (Wildman–Crippen LogP) is 2.64. The van der Waals surface area contributed by atoms with Crippen LogP contribution >= 0.6 is 11.6 Å². The first-order valence-electron chi connectivity index (χ1n) is 4.07. The number of benzene rings is 1. The molecule has 14 heavy (non-hydrogen) atoms. The fourth-order valence-electron chi connectivity index (χ4n) is 1.48. The van der Waals surface area contributed by atoms with Crippen molar-refractivity contribution < 1.29 is 9.53 Å². The van der Waals surface area contributed by atoms with Crippen molar-refractivity contribution in [2.75, 3.05) is 7.11 Å². The zero-order chi connectivity index (χ0) is 10.1. The van der Waals surface area contributed by atoms with Gasteiger partial charge in [0, 0.05) is 5.39 Å². The number of fused-ring (bicyclic) bond motifs is 1. The molecule has 2 rings (SSSR count). The fourth-order valence-corrected chi connectivity index (χ4v) is 1.70. The smallest absolute Gasteiger partial charge is 0.170 e. The first kappa shape index (κ1) is 9.09. The fraction of sp³-hybridized carbons (Fsp3) is 0.100. The molecule has 0 fully saturated rings. The van der Waals surface area contributed by atoms with E-state index >= 15 is 0 Å². The second kappa shape index (κ2) is 3.35. The van der Waals surface area contributed by atoms with E-state index in [9.17, 15) is 4.79 Å². The first-order valence-corrected chi connectivity index (χ1v) is 4.45. The van der Waals surface area contributed by atoms with Crippen molar-refractivity contribution in [1.29, 1.82) is 0 Å². The summed E-state index contributed by atoms with van der Waals surface area (Å²) in [5, 5.41) is 1.40. The molecule has 1 aromatic carbocycles. The topological polar surface area (TPSA) is 42.1 Å². The molecule has 0 amide bonds. The number of halogens is 1. The average molecular weight is 210 g/mol. The minimum Gasteiger partial charge on any atom is -0.494 e. The number of carbonyl (C=O) groups is 1. The second-order valence-corrected chi connectivity index (χ2v) is 3.26. The third kappa shape index (κ3) is 1.17. The number of rotatable bonds is 2. The molecule has 4 heteroatoms.